The molecule has 1 aromatic carbocycles. The van der Waals surface area contributed by atoms with E-state index in [1.165, 1.54) is 37.7 Å². The van der Waals surface area contributed by atoms with Crippen LogP contribution in [0.15, 0.2) is 48.5 Å². The number of anilines is 1. The molecule has 1 aliphatic heterocycles. The molecular formula is C28H36IN4Si. The smallest absolute Gasteiger partial charge is 0.357 e. The van der Waals surface area contributed by atoms with Crippen molar-refractivity contribution in [3.63, 3.8) is 0 Å². The van der Waals surface area contributed by atoms with Crippen LogP contribution in [0.4, 0.5) is 5.82 Å². The fourth-order valence-corrected chi connectivity index (χ4v) is 12.9. The number of aromatic nitrogens is 1. The highest BCUT2D eigenvalue weighted by molar-refractivity contribution is 14.1. The number of rotatable bonds is 5. The molecule has 5 fully saturated rings. The second kappa shape index (κ2) is 7.30. The van der Waals surface area contributed by atoms with Gasteiger partial charge in [0.1, 0.15) is 9.52 Å². The fraction of sp³-hybridized carbons (Fsp3) is 0.607. The quantitative estimate of drug-likeness (QED) is 0.238. The van der Waals surface area contributed by atoms with Gasteiger partial charge >= 0.3 is 9.28 Å². The molecule has 6 heteroatoms. The number of hydrogen-bond donors (Lipinski definition) is 0. The van der Waals surface area contributed by atoms with Gasteiger partial charge in [0, 0.05) is 17.6 Å². The van der Waals surface area contributed by atoms with Gasteiger partial charge in [-0.2, -0.15) is 0 Å². The van der Waals surface area contributed by atoms with Crippen LogP contribution in [0.1, 0.15) is 71.5 Å². The van der Waals surface area contributed by atoms with Gasteiger partial charge in [-0.3, -0.25) is 9.13 Å². The SMILES string of the molecule is CCN(c1cccc(I)n1)[Si]1N(C(C)(C)C)C(c2ccccc2)N1C12CC3CC4CC(C1)C43C2. The van der Waals surface area contributed by atoms with Crippen molar-refractivity contribution in [3.05, 3.63) is 57.8 Å². The molecule has 3 atom stereocenters. The number of benzene rings is 1. The predicted octanol–water partition coefficient (Wildman–Crippen LogP) is 6.19. The van der Waals surface area contributed by atoms with E-state index in [0.717, 1.165) is 39.2 Å². The lowest BCUT2D eigenvalue weighted by Crippen LogP contribution is -2.83. The van der Waals surface area contributed by atoms with Gasteiger partial charge in [-0.25, -0.2) is 4.98 Å². The van der Waals surface area contributed by atoms with Gasteiger partial charge in [-0.15, -0.1) is 0 Å². The predicted molar refractivity (Wildman–Crippen MR) is 147 cm³/mol. The van der Waals surface area contributed by atoms with Crippen LogP contribution in [-0.2, 0) is 0 Å². The number of pyridine rings is 1. The molecule has 34 heavy (non-hydrogen) atoms. The van der Waals surface area contributed by atoms with Crippen LogP contribution in [-0.4, -0.2) is 41.0 Å². The van der Waals surface area contributed by atoms with Crippen molar-refractivity contribution < 1.29 is 0 Å². The van der Waals surface area contributed by atoms with E-state index in [4.69, 9.17) is 4.98 Å². The molecule has 0 amide bonds. The van der Waals surface area contributed by atoms with Crippen LogP contribution in [0.2, 0.25) is 0 Å². The Morgan fingerprint density at radius 1 is 1.03 bits per heavy atom. The van der Waals surface area contributed by atoms with Crippen molar-refractivity contribution in [2.75, 3.05) is 11.1 Å². The molecule has 4 nitrogen and oxygen atoms in total. The molecule has 179 valence electrons. The molecule has 0 N–H and O–H groups in total. The summed E-state index contributed by atoms with van der Waals surface area (Å²) in [5.41, 5.74) is 2.67. The van der Waals surface area contributed by atoms with E-state index in [1.807, 2.05) is 0 Å². The molecule has 7 rings (SSSR count). The minimum Gasteiger partial charge on any atom is -0.357 e. The molecule has 2 heterocycles. The number of hydrogen-bond acceptors (Lipinski definition) is 4. The molecule has 1 radical (unpaired) electrons. The first-order valence-corrected chi connectivity index (χ1v) is 15.6. The zero-order valence-corrected chi connectivity index (χ0v) is 24.0. The summed E-state index contributed by atoms with van der Waals surface area (Å²) in [5, 5.41) is 0. The average Bonchev–Trinajstić information content (AvgIpc) is 3.23. The van der Waals surface area contributed by atoms with Gasteiger partial charge in [0.2, 0.25) is 0 Å². The van der Waals surface area contributed by atoms with E-state index in [-0.39, 0.29) is 5.54 Å². The monoisotopic (exact) mass is 583 g/mol. The van der Waals surface area contributed by atoms with Gasteiger partial charge in [0.05, 0.1) is 6.17 Å². The molecule has 1 saturated heterocycles. The second-order valence-electron chi connectivity index (χ2n) is 12.5. The first kappa shape index (κ1) is 22.3. The molecule has 4 saturated carbocycles. The first-order chi connectivity index (χ1) is 16.3. The maximum atomic E-state index is 5.03. The minimum absolute atomic E-state index is 0.0906. The molecule has 4 aliphatic carbocycles. The largest absolute Gasteiger partial charge is 0.368 e. The van der Waals surface area contributed by atoms with Crippen LogP contribution in [0.3, 0.4) is 0 Å². The van der Waals surface area contributed by atoms with Crippen molar-refractivity contribution in [1.82, 2.24) is 14.1 Å². The Labute approximate surface area is 220 Å². The lowest BCUT2D eigenvalue weighted by Gasteiger charge is -2.69. The Kier molecular flexibility index (Phi) is 4.77. The highest BCUT2D eigenvalue weighted by Gasteiger charge is 2.81. The van der Waals surface area contributed by atoms with Gasteiger partial charge < -0.3 is 4.57 Å². The third-order valence-electron chi connectivity index (χ3n) is 10.1. The molecule has 1 spiro atoms. The normalized spacial score (nSPS) is 38.7. The summed E-state index contributed by atoms with van der Waals surface area (Å²) in [6.07, 6.45) is 7.75. The number of fused-ring (bicyclic) bond motifs is 1. The van der Waals surface area contributed by atoms with E-state index >= 15 is 0 Å². The fourth-order valence-electron chi connectivity index (χ4n) is 8.99. The Hall–Kier alpha value is -0.963. The first-order valence-electron chi connectivity index (χ1n) is 13.2. The Bertz CT molecular complexity index is 1100. The van der Waals surface area contributed by atoms with Crippen LogP contribution in [0, 0.1) is 26.9 Å². The Morgan fingerprint density at radius 2 is 1.74 bits per heavy atom. The third kappa shape index (κ3) is 2.74. The highest BCUT2D eigenvalue weighted by atomic mass is 127. The molecule has 5 aliphatic rings. The van der Waals surface area contributed by atoms with Gasteiger partial charge in [-0.1, -0.05) is 36.4 Å². The zero-order valence-electron chi connectivity index (χ0n) is 20.8. The molecular weight excluding hydrogens is 547 g/mol. The van der Waals surface area contributed by atoms with E-state index in [0.29, 0.717) is 11.7 Å². The minimum atomic E-state index is -1.15. The average molecular weight is 584 g/mol. The van der Waals surface area contributed by atoms with Crippen molar-refractivity contribution in [3.8, 4) is 0 Å². The van der Waals surface area contributed by atoms with Crippen LogP contribution >= 0.6 is 22.6 Å². The number of nitrogens with zero attached hydrogens (tertiary/aromatic N) is 4. The standard InChI is InChI=1S/C28H36IN4Si/c1-5-31(24-13-9-12-23(29)30-24)34-32(26(2,3)4)25(19-10-7-6-8-11-19)33(34)27-16-21-14-20-15-22(17-27)28(20,21)18-27/h6-13,20-22,25H,5,14-18H2,1-4H3. The summed E-state index contributed by atoms with van der Waals surface area (Å²) in [5.74, 6) is 4.21. The summed E-state index contributed by atoms with van der Waals surface area (Å²) >= 11 is 2.37. The summed E-state index contributed by atoms with van der Waals surface area (Å²) < 4.78 is 9.73. The third-order valence-corrected chi connectivity index (χ3v) is 14.2. The molecule has 3 unspecified atom stereocenters. The van der Waals surface area contributed by atoms with Crippen molar-refractivity contribution in [1.29, 1.82) is 0 Å². The van der Waals surface area contributed by atoms with Crippen molar-refractivity contribution >= 4 is 37.7 Å². The van der Waals surface area contributed by atoms with Gasteiger partial charge in [0.25, 0.3) is 0 Å². The maximum Gasteiger partial charge on any atom is 0.368 e. The van der Waals surface area contributed by atoms with E-state index in [1.54, 1.807) is 0 Å². The second-order valence-corrected chi connectivity index (χ2v) is 15.8. The van der Waals surface area contributed by atoms with Crippen LogP contribution < -0.4 is 4.57 Å². The van der Waals surface area contributed by atoms with Crippen molar-refractivity contribution in [2.24, 2.45) is 23.2 Å². The summed E-state index contributed by atoms with van der Waals surface area (Å²) in [4.78, 5) is 5.03. The molecule has 2 aromatic rings. The van der Waals surface area contributed by atoms with Crippen LogP contribution in [0.5, 0.6) is 0 Å². The topological polar surface area (TPSA) is 22.6 Å². The Morgan fingerprint density at radius 3 is 2.29 bits per heavy atom. The zero-order chi connectivity index (χ0) is 23.5. The summed E-state index contributed by atoms with van der Waals surface area (Å²) in [7, 11) is -1.15. The Balaban J connectivity index is 1.36. The van der Waals surface area contributed by atoms with E-state index in [2.05, 4.69) is 113 Å². The molecule has 2 bridgehead atoms. The summed E-state index contributed by atoms with van der Waals surface area (Å²) in [6.45, 7) is 10.6. The maximum absolute atomic E-state index is 5.03. The number of halogens is 1. The van der Waals surface area contributed by atoms with Crippen molar-refractivity contribution in [2.45, 2.75) is 77.0 Å². The van der Waals surface area contributed by atoms with Crippen LogP contribution in [0.25, 0.3) is 0 Å². The molecule has 1 aromatic heterocycles. The lowest BCUT2D eigenvalue weighted by molar-refractivity contribution is -0.179. The summed E-state index contributed by atoms with van der Waals surface area (Å²) in [6, 6.07) is 17.9. The highest BCUT2D eigenvalue weighted by Crippen LogP contribution is 2.83. The van der Waals surface area contributed by atoms with Gasteiger partial charge in [0.15, 0.2) is 0 Å². The lowest BCUT2D eigenvalue weighted by atomic mass is 9.38. The van der Waals surface area contributed by atoms with E-state index < -0.39 is 9.28 Å². The van der Waals surface area contributed by atoms with E-state index in [9.17, 15) is 0 Å². The van der Waals surface area contributed by atoms with Gasteiger partial charge in [-0.05, 0) is 123 Å².